The minimum Gasteiger partial charge on any atom is -0.391 e. The summed E-state index contributed by atoms with van der Waals surface area (Å²) in [5, 5.41) is 22.2. The number of nitrogens with one attached hydrogen (secondary N) is 2. The van der Waals surface area contributed by atoms with Gasteiger partial charge in [0.15, 0.2) is 0 Å². The van der Waals surface area contributed by atoms with Gasteiger partial charge in [-0.05, 0) is 18.6 Å². The number of sulfonamides is 1. The Hall–Kier alpha value is -2.90. The predicted octanol–water partition coefficient (Wildman–Crippen LogP) is 1.81. The standard InChI is InChI=1S/C15H14FN5O3S/c1-9-2-3-12(15-14(9)10(4-17)5-18-15)20-25(23,24)11-6-19-21(7-11)13(16)8-22/h2-3,5-7,13,18,20,22H,8H2,1H3. The smallest absolute Gasteiger partial charge is 0.265 e. The molecule has 2 aromatic heterocycles. The summed E-state index contributed by atoms with van der Waals surface area (Å²) in [5.41, 5.74) is 1.97. The molecule has 0 aliphatic heterocycles. The van der Waals surface area contributed by atoms with Crippen molar-refractivity contribution in [2.24, 2.45) is 0 Å². The second-order valence-corrected chi connectivity index (χ2v) is 7.06. The number of benzene rings is 1. The van der Waals surface area contributed by atoms with Gasteiger partial charge in [0.2, 0.25) is 6.30 Å². The summed E-state index contributed by atoms with van der Waals surface area (Å²) < 4.78 is 41.5. The van der Waals surface area contributed by atoms with Crippen LogP contribution < -0.4 is 4.72 Å². The quantitative estimate of drug-likeness (QED) is 0.638. The van der Waals surface area contributed by atoms with Crippen LogP contribution in [0.25, 0.3) is 10.9 Å². The average Bonchev–Trinajstić information content (AvgIpc) is 3.24. The van der Waals surface area contributed by atoms with Crippen molar-refractivity contribution in [3.8, 4) is 6.07 Å². The Morgan fingerprint density at radius 1 is 1.52 bits per heavy atom. The number of alkyl halides is 1. The fourth-order valence-corrected chi connectivity index (χ4v) is 3.50. The van der Waals surface area contributed by atoms with Gasteiger partial charge in [-0.3, -0.25) is 4.72 Å². The number of nitrogens with zero attached hydrogens (tertiary/aromatic N) is 3. The molecule has 2 heterocycles. The lowest BCUT2D eigenvalue weighted by molar-refractivity contribution is 0.113. The Kier molecular flexibility index (Phi) is 4.20. The maximum Gasteiger partial charge on any atom is 0.265 e. The van der Waals surface area contributed by atoms with Crippen LogP contribution >= 0.6 is 0 Å². The number of rotatable bonds is 5. The molecule has 1 atom stereocenters. The Bertz CT molecular complexity index is 1080. The first kappa shape index (κ1) is 16.9. The van der Waals surface area contributed by atoms with Gasteiger partial charge in [0, 0.05) is 17.8 Å². The average molecular weight is 363 g/mol. The molecule has 1 unspecified atom stereocenters. The van der Waals surface area contributed by atoms with Crippen molar-refractivity contribution >= 4 is 26.6 Å². The van der Waals surface area contributed by atoms with Crippen molar-refractivity contribution in [2.45, 2.75) is 18.1 Å². The van der Waals surface area contributed by atoms with E-state index in [1.165, 1.54) is 6.20 Å². The van der Waals surface area contributed by atoms with Crippen molar-refractivity contribution in [1.29, 1.82) is 5.26 Å². The molecule has 3 N–H and O–H groups in total. The molecule has 0 saturated heterocycles. The van der Waals surface area contributed by atoms with Gasteiger partial charge in [0.1, 0.15) is 11.0 Å². The Morgan fingerprint density at radius 3 is 2.96 bits per heavy atom. The van der Waals surface area contributed by atoms with Crippen LogP contribution in [-0.2, 0) is 10.0 Å². The molecule has 25 heavy (non-hydrogen) atoms. The van der Waals surface area contributed by atoms with Gasteiger partial charge in [0.05, 0.1) is 29.6 Å². The van der Waals surface area contributed by atoms with E-state index in [4.69, 9.17) is 10.4 Å². The molecule has 0 radical (unpaired) electrons. The minimum absolute atomic E-state index is 0.246. The second-order valence-electron chi connectivity index (χ2n) is 5.37. The van der Waals surface area contributed by atoms with Crippen molar-refractivity contribution < 1.29 is 17.9 Å². The fourth-order valence-electron chi connectivity index (χ4n) is 2.49. The molecule has 10 heteroatoms. The van der Waals surface area contributed by atoms with Crippen LogP contribution in [0.1, 0.15) is 17.4 Å². The summed E-state index contributed by atoms with van der Waals surface area (Å²) >= 11 is 0. The lowest BCUT2D eigenvalue weighted by atomic mass is 10.1. The van der Waals surface area contributed by atoms with Gasteiger partial charge in [-0.2, -0.15) is 10.4 Å². The molecular weight excluding hydrogens is 349 g/mol. The topological polar surface area (TPSA) is 124 Å². The van der Waals surface area contributed by atoms with E-state index in [2.05, 4.69) is 14.8 Å². The van der Waals surface area contributed by atoms with E-state index in [1.54, 1.807) is 12.1 Å². The number of aromatic amines is 1. The summed E-state index contributed by atoms with van der Waals surface area (Å²) in [5.74, 6) is 0. The van der Waals surface area contributed by atoms with E-state index >= 15 is 0 Å². The SMILES string of the molecule is Cc1ccc(NS(=O)(=O)c2cnn(C(F)CO)c2)c2[nH]cc(C#N)c12. The number of anilines is 1. The number of fused-ring (bicyclic) bond motifs is 1. The first-order valence-electron chi connectivity index (χ1n) is 7.20. The molecule has 0 amide bonds. The van der Waals surface area contributed by atoms with Gasteiger partial charge in [-0.1, -0.05) is 6.07 Å². The number of hydrogen-bond donors (Lipinski definition) is 3. The summed E-state index contributed by atoms with van der Waals surface area (Å²) in [7, 11) is -4.02. The van der Waals surface area contributed by atoms with Gasteiger partial charge in [0.25, 0.3) is 10.0 Å². The highest BCUT2D eigenvalue weighted by Crippen LogP contribution is 2.30. The molecular formula is C15H14FN5O3S. The first-order valence-corrected chi connectivity index (χ1v) is 8.68. The monoisotopic (exact) mass is 363 g/mol. The molecule has 0 spiro atoms. The summed E-state index contributed by atoms with van der Waals surface area (Å²) in [6.07, 6.45) is 1.66. The highest BCUT2D eigenvalue weighted by Gasteiger charge is 2.21. The van der Waals surface area contributed by atoms with E-state index in [1.807, 2.05) is 13.0 Å². The minimum atomic E-state index is -4.02. The molecule has 130 valence electrons. The van der Waals surface area contributed by atoms with Crippen molar-refractivity contribution in [1.82, 2.24) is 14.8 Å². The van der Waals surface area contributed by atoms with Crippen LogP contribution in [0.3, 0.4) is 0 Å². The molecule has 0 aliphatic carbocycles. The summed E-state index contributed by atoms with van der Waals surface area (Å²) in [6.45, 7) is 1.00. The number of aryl methyl sites for hydroxylation is 1. The molecule has 8 nitrogen and oxygen atoms in total. The molecule has 0 bridgehead atoms. The lowest BCUT2D eigenvalue weighted by Gasteiger charge is -2.09. The molecule has 0 fully saturated rings. The first-order chi connectivity index (χ1) is 11.9. The summed E-state index contributed by atoms with van der Waals surface area (Å²) in [6, 6.07) is 5.32. The van der Waals surface area contributed by atoms with Crippen LogP contribution in [0.2, 0.25) is 0 Å². The van der Waals surface area contributed by atoms with Crippen molar-refractivity contribution in [2.75, 3.05) is 11.3 Å². The Labute approximate surface area is 142 Å². The van der Waals surface area contributed by atoms with Gasteiger partial charge in [-0.15, -0.1) is 0 Å². The van der Waals surface area contributed by atoms with Gasteiger partial charge in [-0.25, -0.2) is 17.5 Å². The van der Waals surface area contributed by atoms with Crippen molar-refractivity contribution in [3.05, 3.63) is 41.9 Å². The summed E-state index contributed by atoms with van der Waals surface area (Å²) in [4.78, 5) is 2.65. The van der Waals surface area contributed by atoms with Crippen LogP contribution in [0.4, 0.5) is 10.1 Å². The number of halogens is 1. The zero-order valence-corrected chi connectivity index (χ0v) is 13.9. The van der Waals surface area contributed by atoms with E-state index in [9.17, 15) is 12.8 Å². The normalized spacial score (nSPS) is 12.9. The van der Waals surface area contributed by atoms with Crippen LogP contribution in [0.5, 0.6) is 0 Å². The van der Waals surface area contributed by atoms with Crippen LogP contribution in [0.15, 0.2) is 35.6 Å². The highest BCUT2D eigenvalue weighted by atomic mass is 32.2. The maximum absolute atomic E-state index is 13.4. The predicted molar refractivity (Wildman–Crippen MR) is 88.0 cm³/mol. The highest BCUT2D eigenvalue weighted by molar-refractivity contribution is 7.92. The van der Waals surface area contributed by atoms with Crippen molar-refractivity contribution in [3.63, 3.8) is 0 Å². The zero-order valence-electron chi connectivity index (χ0n) is 13.1. The zero-order chi connectivity index (χ0) is 18.2. The maximum atomic E-state index is 13.4. The van der Waals surface area contributed by atoms with E-state index in [0.29, 0.717) is 16.5 Å². The number of aromatic nitrogens is 3. The van der Waals surface area contributed by atoms with E-state index in [-0.39, 0.29) is 10.6 Å². The molecule has 3 rings (SSSR count). The largest absolute Gasteiger partial charge is 0.391 e. The molecule has 1 aromatic carbocycles. The number of hydrogen-bond acceptors (Lipinski definition) is 5. The molecule has 0 saturated carbocycles. The fraction of sp³-hybridized carbons (Fsp3) is 0.200. The third kappa shape index (κ3) is 2.95. The van der Waals surface area contributed by atoms with E-state index < -0.39 is 22.9 Å². The van der Waals surface area contributed by atoms with E-state index in [0.717, 1.165) is 22.6 Å². The lowest BCUT2D eigenvalue weighted by Crippen LogP contribution is -2.13. The molecule has 3 aromatic rings. The number of aliphatic hydroxyl groups is 1. The molecule has 0 aliphatic rings. The second kappa shape index (κ2) is 6.19. The third-order valence-corrected chi connectivity index (χ3v) is 5.05. The Balaban J connectivity index is 2.01. The number of nitriles is 1. The van der Waals surface area contributed by atoms with Crippen LogP contribution in [0, 0.1) is 18.3 Å². The van der Waals surface area contributed by atoms with Crippen LogP contribution in [-0.4, -0.2) is 34.9 Å². The number of H-pyrrole nitrogens is 1. The van der Waals surface area contributed by atoms with Gasteiger partial charge >= 0.3 is 0 Å². The Morgan fingerprint density at radius 2 is 2.28 bits per heavy atom. The van der Waals surface area contributed by atoms with Gasteiger partial charge < -0.3 is 10.1 Å². The third-order valence-electron chi connectivity index (χ3n) is 3.73. The number of aliphatic hydroxyl groups excluding tert-OH is 1.